The van der Waals surface area contributed by atoms with Crippen molar-refractivity contribution in [2.75, 3.05) is 33.7 Å². The first-order valence-electron chi connectivity index (χ1n) is 5.64. The number of amides is 1. The van der Waals surface area contributed by atoms with Crippen LogP contribution in [0, 0.1) is 0 Å². The highest BCUT2D eigenvalue weighted by Gasteiger charge is 2.31. The van der Waals surface area contributed by atoms with Crippen molar-refractivity contribution in [3.05, 3.63) is 0 Å². The zero-order valence-electron chi connectivity index (χ0n) is 10.5. The van der Waals surface area contributed by atoms with Crippen LogP contribution >= 0.6 is 0 Å². The molecular formula is C11H21N3O2. The van der Waals surface area contributed by atoms with E-state index in [9.17, 15) is 9.59 Å². The number of nitrogens with one attached hydrogen (secondary N) is 1. The number of ketones is 1. The molecule has 5 heteroatoms. The summed E-state index contributed by atoms with van der Waals surface area (Å²) < 4.78 is 0. The van der Waals surface area contributed by atoms with Gasteiger partial charge in [0.05, 0.1) is 12.1 Å². The molecule has 0 radical (unpaired) electrons. The van der Waals surface area contributed by atoms with Gasteiger partial charge < -0.3 is 15.1 Å². The van der Waals surface area contributed by atoms with Crippen molar-refractivity contribution in [2.24, 2.45) is 0 Å². The van der Waals surface area contributed by atoms with Gasteiger partial charge in [-0.3, -0.25) is 9.59 Å². The van der Waals surface area contributed by atoms with Gasteiger partial charge in [0.1, 0.15) is 0 Å². The molecule has 1 aliphatic rings. The van der Waals surface area contributed by atoms with Gasteiger partial charge in [-0.05, 0) is 27.9 Å². The van der Waals surface area contributed by atoms with Gasteiger partial charge >= 0.3 is 0 Å². The quantitative estimate of drug-likeness (QED) is 0.694. The molecule has 0 saturated carbocycles. The van der Waals surface area contributed by atoms with Crippen molar-refractivity contribution in [3.63, 3.8) is 0 Å². The van der Waals surface area contributed by atoms with Gasteiger partial charge in [0, 0.05) is 19.6 Å². The Hall–Kier alpha value is -0.940. The molecule has 0 aromatic carbocycles. The molecule has 2 unspecified atom stereocenters. The Kier molecular flexibility index (Phi) is 4.44. The molecule has 1 rings (SSSR count). The lowest BCUT2D eigenvalue weighted by atomic mass is 10.1. The third-order valence-electron chi connectivity index (χ3n) is 3.20. The third kappa shape index (κ3) is 2.80. The Morgan fingerprint density at radius 1 is 1.50 bits per heavy atom. The molecule has 5 nitrogen and oxygen atoms in total. The lowest BCUT2D eigenvalue weighted by molar-refractivity contribution is -0.139. The predicted molar refractivity (Wildman–Crippen MR) is 62.2 cm³/mol. The number of Topliss-reactive ketones (excluding diaryl/α,β-unsaturated/α-hetero) is 1. The van der Waals surface area contributed by atoms with E-state index < -0.39 is 0 Å². The van der Waals surface area contributed by atoms with Crippen LogP contribution in [-0.2, 0) is 9.59 Å². The monoisotopic (exact) mass is 227 g/mol. The van der Waals surface area contributed by atoms with E-state index in [0.29, 0.717) is 13.1 Å². The molecule has 92 valence electrons. The maximum absolute atomic E-state index is 12.2. The summed E-state index contributed by atoms with van der Waals surface area (Å²) in [4.78, 5) is 27.3. The molecule has 0 aromatic rings. The number of carbonyl (C=O) groups is 2. The normalized spacial score (nSPS) is 25.4. The number of rotatable bonds is 3. The molecule has 1 fully saturated rings. The molecule has 16 heavy (non-hydrogen) atoms. The van der Waals surface area contributed by atoms with Crippen LogP contribution in [0.15, 0.2) is 0 Å². The largest absolute Gasteiger partial charge is 0.330 e. The van der Waals surface area contributed by atoms with Gasteiger partial charge in [-0.2, -0.15) is 0 Å². The molecule has 2 atom stereocenters. The molecule has 1 saturated heterocycles. The Balaban J connectivity index is 2.83. The zero-order valence-corrected chi connectivity index (χ0v) is 10.5. The Labute approximate surface area is 96.8 Å². The van der Waals surface area contributed by atoms with E-state index in [-0.39, 0.29) is 23.8 Å². The second-order valence-corrected chi connectivity index (χ2v) is 4.42. The zero-order chi connectivity index (χ0) is 12.3. The van der Waals surface area contributed by atoms with Crippen LogP contribution in [0.25, 0.3) is 0 Å². The van der Waals surface area contributed by atoms with Crippen LogP contribution in [-0.4, -0.2) is 67.3 Å². The Morgan fingerprint density at radius 2 is 2.12 bits per heavy atom. The molecule has 1 aliphatic heterocycles. The van der Waals surface area contributed by atoms with Gasteiger partial charge in [-0.1, -0.05) is 0 Å². The van der Waals surface area contributed by atoms with E-state index in [1.807, 2.05) is 7.05 Å². The molecule has 1 heterocycles. The number of hydrogen-bond acceptors (Lipinski definition) is 4. The van der Waals surface area contributed by atoms with Crippen LogP contribution in [0.3, 0.4) is 0 Å². The highest BCUT2D eigenvalue weighted by atomic mass is 16.2. The first-order chi connectivity index (χ1) is 7.47. The van der Waals surface area contributed by atoms with Crippen molar-refractivity contribution < 1.29 is 9.59 Å². The Morgan fingerprint density at radius 3 is 2.62 bits per heavy atom. The average molecular weight is 227 g/mol. The first-order valence-corrected chi connectivity index (χ1v) is 5.64. The lowest BCUT2D eigenvalue weighted by Gasteiger charge is -2.28. The maximum Gasteiger partial charge on any atom is 0.241 e. The summed E-state index contributed by atoms with van der Waals surface area (Å²) in [5.74, 6) is 0.0577. The van der Waals surface area contributed by atoms with Crippen molar-refractivity contribution >= 4 is 11.7 Å². The van der Waals surface area contributed by atoms with Crippen LogP contribution in [0.4, 0.5) is 0 Å². The van der Waals surface area contributed by atoms with Crippen molar-refractivity contribution in [2.45, 2.75) is 25.9 Å². The van der Waals surface area contributed by atoms with Gasteiger partial charge in [0.25, 0.3) is 0 Å². The second kappa shape index (κ2) is 5.41. The number of nitrogens with zero attached hydrogens (tertiary/aromatic N) is 2. The smallest absolute Gasteiger partial charge is 0.241 e. The Bertz CT molecular complexity index is 280. The molecular weight excluding hydrogens is 206 g/mol. The summed E-state index contributed by atoms with van der Waals surface area (Å²) in [6.45, 7) is 5.44. The highest BCUT2D eigenvalue weighted by Crippen LogP contribution is 2.08. The number of carbonyl (C=O) groups excluding carboxylic acids is 2. The van der Waals surface area contributed by atoms with Crippen molar-refractivity contribution in [1.82, 2.24) is 15.1 Å². The molecule has 1 N–H and O–H groups in total. The minimum atomic E-state index is -0.324. The predicted octanol–water partition coefficient (Wildman–Crippen LogP) is -0.674. The van der Waals surface area contributed by atoms with Crippen LogP contribution < -0.4 is 5.32 Å². The standard InChI is InChI=1S/C11H21N3O2/c1-8(9(2)15)14-6-5-13(4)7-10(12-3)11(14)16/h8,10,12H,5-7H2,1-4H3. The SMILES string of the molecule is CNC1CN(C)CCN(C(C)C(C)=O)C1=O. The lowest BCUT2D eigenvalue weighted by Crippen LogP contribution is -2.51. The molecule has 0 bridgehead atoms. The van der Waals surface area contributed by atoms with Gasteiger partial charge in [-0.25, -0.2) is 0 Å². The van der Waals surface area contributed by atoms with Crippen LogP contribution in [0.5, 0.6) is 0 Å². The average Bonchev–Trinajstić information content (AvgIpc) is 2.37. The molecule has 0 aliphatic carbocycles. The van der Waals surface area contributed by atoms with Gasteiger partial charge in [0.2, 0.25) is 5.91 Å². The summed E-state index contributed by atoms with van der Waals surface area (Å²) in [6, 6.07) is -0.538. The third-order valence-corrected chi connectivity index (χ3v) is 3.20. The fourth-order valence-corrected chi connectivity index (χ4v) is 1.89. The van der Waals surface area contributed by atoms with E-state index in [2.05, 4.69) is 10.2 Å². The fraction of sp³-hybridized carbons (Fsp3) is 0.818. The van der Waals surface area contributed by atoms with Crippen molar-refractivity contribution in [3.8, 4) is 0 Å². The van der Waals surface area contributed by atoms with Gasteiger partial charge in [-0.15, -0.1) is 0 Å². The topological polar surface area (TPSA) is 52.6 Å². The van der Waals surface area contributed by atoms with Gasteiger partial charge in [0.15, 0.2) is 5.78 Å². The summed E-state index contributed by atoms with van der Waals surface area (Å²) in [5.41, 5.74) is 0. The first kappa shape index (κ1) is 13.1. The summed E-state index contributed by atoms with van der Waals surface area (Å²) in [7, 11) is 3.76. The van der Waals surface area contributed by atoms with E-state index in [4.69, 9.17) is 0 Å². The molecule has 0 aromatic heterocycles. The highest BCUT2D eigenvalue weighted by molar-refractivity contribution is 5.89. The minimum absolute atomic E-state index is 0.0227. The number of hydrogen-bond donors (Lipinski definition) is 1. The minimum Gasteiger partial charge on any atom is -0.330 e. The second-order valence-electron chi connectivity index (χ2n) is 4.42. The van der Waals surface area contributed by atoms with E-state index in [1.54, 1.807) is 18.9 Å². The summed E-state index contributed by atoms with van der Waals surface area (Å²) >= 11 is 0. The van der Waals surface area contributed by atoms with Crippen LogP contribution in [0.1, 0.15) is 13.8 Å². The van der Waals surface area contributed by atoms with E-state index in [0.717, 1.165) is 6.54 Å². The summed E-state index contributed by atoms with van der Waals surface area (Å²) in [5, 5.41) is 3.00. The molecule has 1 amide bonds. The van der Waals surface area contributed by atoms with E-state index in [1.165, 1.54) is 6.92 Å². The number of likely N-dealkylation sites (N-methyl/N-ethyl adjacent to an activating group) is 2. The van der Waals surface area contributed by atoms with Crippen LogP contribution in [0.2, 0.25) is 0 Å². The summed E-state index contributed by atoms with van der Waals surface area (Å²) in [6.07, 6.45) is 0. The van der Waals surface area contributed by atoms with E-state index >= 15 is 0 Å². The molecule has 0 spiro atoms. The maximum atomic E-state index is 12.2. The van der Waals surface area contributed by atoms with Crippen molar-refractivity contribution in [1.29, 1.82) is 0 Å². The fourth-order valence-electron chi connectivity index (χ4n) is 1.89.